The molecule has 0 saturated carbocycles. The number of carbonyl (C=O) groups is 2. The van der Waals surface area contributed by atoms with E-state index in [9.17, 15) is 22.8 Å². The van der Waals surface area contributed by atoms with Crippen molar-refractivity contribution in [3.8, 4) is 16.3 Å². The molecule has 4 rings (SSSR count). The summed E-state index contributed by atoms with van der Waals surface area (Å²) in [6.07, 6.45) is -0.730. The van der Waals surface area contributed by atoms with E-state index < -0.39 is 17.3 Å². The summed E-state index contributed by atoms with van der Waals surface area (Å²) >= 11 is 1.23. The molecule has 2 amide bonds. The second-order valence-corrected chi connectivity index (χ2v) is 11.6. The Morgan fingerprint density at radius 3 is 2.41 bits per heavy atom. The summed E-state index contributed by atoms with van der Waals surface area (Å²) in [5.41, 5.74) is -0.679. The predicted molar refractivity (Wildman–Crippen MR) is 142 cm³/mol. The van der Waals surface area contributed by atoms with Crippen molar-refractivity contribution in [2.24, 2.45) is 0 Å². The van der Waals surface area contributed by atoms with Crippen molar-refractivity contribution < 1.29 is 27.5 Å². The number of nitrogens with zero attached hydrogens (tertiary/aromatic N) is 5. The number of para-hydroxylation sites is 1. The first-order chi connectivity index (χ1) is 18.2. The number of carbonyl (C=O) groups excluding carboxylic acids is 2. The molecule has 210 valence electrons. The van der Waals surface area contributed by atoms with E-state index in [0.29, 0.717) is 36.5 Å². The molecule has 0 atom stereocenters. The molecule has 12 heteroatoms. The summed E-state index contributed by atoms with van der Waals surface area (Å²) in [5, 5.41) is 6.26. The van der Waals surface area contributed by atoms with E-state index in [1.807, 2.05) is 34.6 Å². The van der Waals surface area contributed by atoms with Gasteiger partial charge in [-0.25, -0.2) is 14.5 Å². The van der Waals surface area contributed by atoms with Gasteiger partial charge in [-0.2, -0.15) is 18.3 Å². The molecule has 0 radical (unpaired) electrons. The Morgan fingerprint density at radius 2 is 1.79 bits per heavy atom. The van der Waals surface area contributed by atoms with Crippen molar-refractivity contribution in [3.63, 3.8) is 0 Å². The van der Waals surface area contributed by atoms with Crippen molar-refractivity contribution in [1.29, 1.82) is 0 Å². The molecule has 1 saturated heterocycles. The monoisotopic (exact) mass is 563 g/mol. The third-order valence-corrected chi connectivity index (χ3v) is 7.20. The highest BCUT2D eigenvalue weighted by atomic mass is 32.1. The Labute approximate surface area is 229 Å². The van der Waals surface area contributed by atoms with Crippen LogP contribution in [-0.2, 0) is 10.9 Å². The molecule has 2 aromatic heterocycles. The lowest BCUT2D eigenvalue weighted by atomic mass is 10.0. The minimum Gasteiger partial charge on any atom is -0.444 e. The van der Waals surface area contributed by atoms with Gasteiger partial charge in [0.2, 0.25) is 0 Å². The summed E-state index contributed by atoms with van der Waals surface area (Å²) in [6, 6.07) is 5.05. The number of likely N-dealkylation sites (tertiary alicyclic amines) is 1. The normalized spacial score (nSPS) is 15.1. The van der Waals surface area contributed by atoms with Gasteiger partial charge < -0.3 is 14.5 Å². The van der Waals surface area contributed by atoms with E-state index >= 15 is 0 Å². The maximum atomic E-state index is 13.5. The Morgan fingerprint density at radius 1 is 1.13 bits per heavy atom. The fourth-order valence-electron chi connectivity index (χ4n) is 4.59. The van der Waals surface area contributed by atoms with E-state index in [2.05, 4.69) is 10.1 Å². The maximum Gasteiger partial charge on any atom is 0.418 e. The maximum absolute atomic E-state index is 13.5. The van der Waals surface area contributed by atoms with Crippen molar-refractivity contribution in [2.75, 3.05) is 13.1 Å². The van der Waals surface area contributed by atoms with Gasteiger partial charge in [-0.3, -0.25) is 4.79 Å². The lowest BCUT2D eigenvalue weighted by molar-refractivity contribution is -0.137. The molecule has 39 heavy (non-hydrogen) atoms. The molecular formula is C27H32F3N5O3S. The van der Waals surface area contributed by atoms with Gasteiger partial charge in [-0.1, -0.05) is 12.1 Å². The molecule has 1 fully saturated rings. The van der Waals surface area contributed by atoms with Crippen LogP contribution in [0.1, 0.15) is 63.5 Å². The molecule has 1 aromatic carbocycles. The summed E-state index contributed by atoms with van der Waals surface area (Å²) in [7, 11) is 0. The molecule has 1 aliphatic heterocycles. The van der Waals surface area contributed by atoms with Gasteiger partial charge in [0, 0.05) is 42.3 Å². The standard InChI is InChI=1S/C27H32F3N5O3S/c1-17(2)35(19-10-12-33(13-11-19)25(37)38-26(3,4)5)24(36)21-16-39-23(32-21)18-14-31-34(15-18)22-9-7-6-8-20(22)27(28,29)30/h6-9,14-17,19H,10-13H2,1-5H3. The molecule has 0 N–H and O–H groups in total. The fraction of sp³-hybridized carbons (Fsp3) is 0.481. The zero-order chi connectivity index (χ0) is 28.5. The van der Waals surface area contributed by atoms with Crippen molar-refractivity contribution >= 4 is 23.3 Å². The summed E-state index contributed by atoms with van der Waals surface area (Å²) in [5.74, 6) is -0.224. The van der Waals surface area contributed by atoms with Gasteiger partial charge in [0.1, 0.15) is 16.3 Å². The molecule has 1 aliphatic rings. The first-order valence-electron chi connectivity index (χ1n) is 12.7. The van der Waals surface area contributed by atoms with E-state index in [0.717, 1.165) is 6.07 Å². The molecule has 0 bridgehead atoms. The van der Waals surface area contributed by atoms with Crippen molar-refractivity contribution in [1.82, 2.24) is 24.6 Å². The molecule has 8 nitrogen and oxygen atoms in total. The van der Waals surface area contributed by atoms with Crippen LogP contribution in [0.5, 0.6) is 0 Å². The Bertz CT molecular complexity index is 1320. The summed E-state index contributed by atoms with van der Waals surface area (Å²) in [4.78, 5) is 33.9. The number of hydrogen-bond acceptors (Lipinski definition) is 6. The van der Waals surface area contributed by atoms with Gasteiger partial charge in [-0.15, -0.1) is 11.3 Å². The van der Waals surface area contributed by atoms with Gasteiger partial charge in [0.15, 0.2) is 0 Å². The summed E-state index contributed by atoms with van der Waals surface area (Å²) < 4.78 is 47.0. The number of ether oxygens (including phenoxy) is 1. The number of thiazole rings is 1. The number of halogens is 3. The van der Waals surface area contributed by atoms with E-state index in [-0.39, 0.29) is 35.5 Å². The molecule has 0 aliphatic carbocycles. The lowest BCUT2D eigenvalue weighted by Crippen LogP contribution is -2.51. The van der Waals surface area contributed by atoms with Crippen LogP contribution in [0.2, 0.25) is 0 Å². The number of aromatic nitrogens is 3. The molecule has 3 aromatic rings. The second kappa shape index (κ2) is 11.0. The van der Waals surface area contributed by atoms with Crippen LogP contribution in [0.3, 0.4) is 0 Å². The van der Waals surface area contributed by atoms with Crippen LogP contribution < -0.4 is 0 Å². The van der Waals surface area contributed by atoms with E-state index in [4.69, 9.17) is 4.74 Å². The highest BCUT2D eigenvalue weighted by Gasteiger charge is 2.35. The average Bonchev–Trinajstić information content (AvgIpc) is 3.53. The zero-order valence-corrected chi connectivity index (χ0v) is 23.3. The lowest BCUT2D eigenvalue weighted by Gasteiger charge is -2.40. The largest absolute Gasteiger partial charge is 0.444 e. The number of piperidine rings is 1. The highest BCUT2D eigenvalue weighted by Crippen LogP contribution is 2.34. The second-order valence-electron chi connectivity index (χ2n) is 10.7. The molecule has 3 heterocycles. The average molecular weight is 564 g/mol. The minimum absolute atomic E-state index is 0.0667. The van der Waals surface area contributed by atoms with Crippen LogP contribution in [0.4, 0.5) is 18.0 Å². The third-order valence-electron chi connectivity index (χ3n) is 6.31. The quantitative estimate of drug-likeness (QED) is 0.366. The first kappa shape index (κ1) is 28.6. The molecule has 0 spiro atoms. The predicted octanol–water partition coefficient (Wildman–Crippen LogP) is 6.26. The molecule has 0 unspecified atom stereocenters. The third kappa shape index (κ3) is 6.60. The smallest absolute Gasteiger partial charge is 0.418 e. The minimum atomic E-state index is -4.52. The Hall–Kier alpha value is -3.41. The number of rotatable bonds is 5. The van der Waals surface area contributed by atoms with Crippen molar-refractivity contribution in [3.05, 3.63) is 53.3 Å². The topological polar surface area (TPSA) is 80.6 Å². The van der Waals surface area contributed by atoms with Crippen LogP contribution in [-0.4, -0.2) is 67.3 Å². The number of alkyl halides is 3. The highest BCUT2D eigenvalue weighted by molar-refractivity contribution is 7.13. The van der Waals surface area contributed by atoms with Crippen molar-refractivity contribution in [2.45, 2.75) is 71.3 Å². The van der Waals surface area contributed by atoms with E-state index in [1.165, 1.54) is 46.6 Å². The number of hydrogen-bond donors (Lipinski definition) is 0. The van der Waals surface area contributed by atoms with Crippen LogP contribution in [0, 0.1) is 0 Å². The SMILES string of the molecule is CC(C)N(C(=O)c1csc(-c2cnn(-c3ccccc3C(F)(F)F)c2)n1)C1CCN(C(=O)OC(C)(C)C)CC1. The van der Waals surface area contributed by atoms with E-state index in [1.54, 1.807) is 15.2 Å². The Kier molecular flexibility index (Phi) is 8.06. The van der Waals surface area contributed by atoms with Gasteiger partial charge in [0.25, 0.3) is 5.91 Å². The molecular weight excluding hydrogens is 531 g/mol. The summed E-state index contributed by atoms with van der Waals surface area (Å²) in [6.45, 7) is 10.3. The first-order valence-corrected chi connectivity index (χ1v) is 13.6. The zero-order valence-electron chi connectivity index (χ0n) is 22.5. The van der Waals surface area contributed by atoms with Gasteiger partial charge >= 0.3 is 12.3 Å². The fourth-order valence-corrected chi connectivity index (χ4v) is 5.36. The van der Waals surface area contributed by atoms with Gasteiger partial charge in [-0.05, 0) is 59.6 Å². The van der Waals surface area contributed by atoms with Crippen LogP contribution >= 0.6 is 11.3 Å². The Balaban J connectivity index is 1.48. The van der Waals surface area contributed by atoms with Crippen LogP contribution in [0.25, 0.3) is 16.3 Å². The van der Waals surface area contributed by atoms with Crippen LogP contribution in [0.15, 0.2) is 42.0 Å². The van der Waals surface area contributed by atoms with Gasteiger partial charge in [0.05, 0.1) is 17.4 Å². The number of benzene rings is 1. The number of amides is 2.